The summed E-state index contributed by atoms with van der Waals surface area (Å²) in [5.74, 6) is 2.95. The molecule has 0 aromatic carbocycles. The molecule has 0 aliphatic carbocycles. The number of aromatic nitrogens is 4. The van der Waals surface area contributed by atoms with Crippen molar-refractivity contribution in [1.82, 2.24) is 25.0 Å². The number of aryl methyl sites for hydroxylation is 2. The average Bonchev–Trinajstić information content (AvgIpc) is 3.20. The molecule has 1 aliphatic heterocycles. The summed E-state index contributed by atoms with van der Waals surface area (Å²) in [5.41, 5.74) is 2.16. The minimum absolute atomic E-state index is 0.183. The van der Waals surface area contributed by atoms with E-state index in [-0.39, 0.29) is 12.1 Å². The van der Waals surface area contributed by atoms with E-state index in [0.717, 1.165) is 42.4 Å². The number of methoxy groups -OCH3 is 1. The molecule has 0 radical (unpaired) electrons. The lowest BCUT2D eigenvalue weighted by Gasteiger charge is -2.20. The number of aromatic amines is 1. The van der Waals surface area contributed by atoms with Gasteiger partial charge in [0.05, 0.1) is 24.4 Å². The zero-order valence-electron chi connectivity index (χ0n) is 15.2. The SMILES string of the molecule is CO[C@@H]1C[C@@H](c2nc(C)c(C)[nH]2)N(Cc2nc(CC(C)C)no2)C1. The van der Waals surface area contributed by atoms with Crippen LogP contribution in [0.4, 0.5) is 0 Å². The van der Waals surface area contributed by atoms with E-state index in [1.54, 1.807) is 7.11 Å². The van der Waals surface area contributed by atoms with Crippen LogP contribution in [0.2, 0.25) is 0 Å². The van der Waals surface area contributed by atoms with Gasteiger partial charge in [-0.3, -0.25) is 4.90 Å². The number of likely N-dealkylation sites (tertiary alicyclic amines) is 1. The summed E-state index contributed by atoms with van der Waals surface area (Å²) in [6.45, 7) is 9.83. The Bertz CT molecular complexity index is 659. The second-order valence-corrected chi connectivity index (χ2v) is 7.07. The Labute approximate surface area is 142 Å². The third-order valence-corrected chi connectivity index (χ3v) is 4.60. The molecule has 0 bridgehead atoms. The van der Waals surface area contributed by atoms with E-state index < -0.39 is 0 Å². The minimum atomic E-state index is 0.183. The van der Waals surface area contributed by atoms with Crippen LogP contribution in [-0.2, 0) is 17.7 Å². The number of hydrogen-bond donors (Lipinski definition) is 1. The third-order valence-electron chi connectivity index (χ3n) is 4.60. The summed E-state index contributed by atoms with van der Waals surface area (Å²) in [6.07, 6.45) is 1.94. The quantitative estimate of drug-likeness (QED) is 0.875. The van der Waals surface area contributed by atoms with E-state index in [1.807, 2.05) is 6.92 Å². The van der Waals surface area contributed by atoms with Crippen LogP contribution < -0.4 is 0 Å². The first-order chi connectivity index (χ1) is 11.5. The number of nitrogens with one attached hydrogen (secondary N) is 1. The van der Waals surface area contributed by atoms with Gasteiger partial charge >= 0.3 is 0 Å². The summed E-state index contributed by atoms with van der Waals surface area (Å²) in [4.78, 5) is 14.9. The molecule has 0 saturated carbocycles. The van der Waals surface area contributed by atoms with Crippen molar-refractivity contribution >= 4 is 0 Å². The summed E-state index contributed by atoms with van der Waals surface area (Å²) >= 11 is 0. The van der Waals surface area contributed by atoms with Crippen LogP contribution in [0.25, 0.3) is 0 Å². The van der Waals surface area contributed by atoms with Crippen molar-refractivity contribution in [2.45, 2.75) is 59.2 Å². The molecule has 1 aliphatic rings. The van der Waals surface area contributed by atoms with Gasteiger partial charge in [-0.25, -0.2) is 4.98 Å². The number of H-pyrrole nitrogens is 1. The fourth-order valence-corrected chi connectivity index (χ4v) is 3.20. The Kier molecular flexibility index (Phi) is 5.01. The van der Waals surface area contributed by atoms with Crippen molar-refractivity contribution in [1.29, 1.82) is 0 Å². The van der Waals surface area contributed by atoms with Crippen molar-refractivity contribution < 1.29 is 9.26 Å². The van der Waals surface area contributed by atoms with E-state index in [0.29, 0.717) is 18.4 Å². The topological polar surface area (TPSA) is 80.1 Å². The molecule has 24 heavy (non-hydrogen) atoms. The summed E-state index contributed by atoms with van der Waals surface area (Å²) in [6, 6.07) is 0.183. The van der Waals surface area contributed by atoms with Gasteiger partial charge in [0.25, 0.3) is 0 Å². The van der Waals surface area contributed by atoms with Gasteiger partial charge in [0.1, 0.15) is 5.82 Å². The van der Waals surface area contributed by atoms with Crippen LogP contribution in [0, 0.1) is 19.8 Å². The van der Waals surface area contributed by atoms with Crippen LogP contribution in [0.5, 0.6) is 0 Å². The van der Waals surface area contributed by atoms with E-state index in [9.17, 15) is 0 Å². The van der Waals surface area contributed by atoms with E-state index in [1.165, 1.54) is 0 Å². The zero-order valence-corrected chi connectivity index (χ0v) is 15.2. The number of nitrogens with zero attached hydrogens (tertiary/aromatic N) is 4. The molecule has 1 fully saturated rings. The van der Waals surface area contributed by atoms with Crippen LogP contribution in [-0.4, -0.2) is 44.8 Å². The van der Waals surface area contributed by atoms with Gasteiger partial charge in [-0.05, 0) is 26.2 Å². The highest BCUT2D eigenvalue weighted by Gasteiger charge is 2.36. The Balaban J connectivity index is 1.75. The molecule has 0 amide bonds. The van der Waals surface area contributed by atoms with Gasteiger partial charge in [-0.15, -0.1) is 0 Å². The molecule has 3 rings (SSSR count). The van der Waals surface area contributed by atoms with Crippen molar-refractivity contribution in [2.24, 2.45) is 5.92 Å². The molecule has 1 N–H and O–H groups in total. The molecule has 7 heteroatoms. The smallest absolute Gasteiger partial charge is 0.240 e. The van der Waals surface area contributed by atoms with Crippen molar-refractivity contribution in [3.05, 3.63) is 28.9 Å². The standard InChI is InChI=1S/C17H27N5O2/c1-10(2)6-15-20-16(24-21-15)9-22-8-13(23-5)7-14(22)17-18-11(3)12(4)19-17/h10,13-14H,6-9H2,1-5H3,(H,18,19)/t13-,14+/m1/s1. The van der Waals surface area contributed by atoms with Crippen LogP contribution >= 0.6 is 0 Å². The molecule has 132 valence electrons. The summed E-state index contributed by atoms with van der Waals surface area (Å²) < 4.78 is 11.0. The van der Waals surface area contributed by atoms with Crippen LogP contribution in [0.3, 0.4) is 0 Å². The summed E-state index contributed by atoms with van der Waals surface area (Å²) in [7, 11) is 1.76. The fraction of sp³-hybridized carbons (Fsp3) is 0.706. The molecule has 1 saturated heterocycles. The van der Waals surface area contributed by atoms with Gasteiger partial charge < -0.3 is 14.2 Å². The van der Waals surface area contributed by atoms with Gasteiger partial charge in [-0.1, -0.05) is 19.0 Å². The predicted octanol–water partition coefficient (Wildman–Crippen LogP) is 2.57. The van der Waals surface area contributed by atoms with Gasteiger partial charge in [0, 0.05) is 25.8 Å². The highest BCUT2D eigenvalue weighted by Crippen LogP contribution is 2.33. The predicted molar refractivity (Wildman–Crippen MR) is 89.5 cm³/mol. The van der Waals surface area contributed by atoms with Gasteiger partial charge in [0.15, 0.2) is 5.82 Å². The number of imidazole rings is 1. The van der Waals surface area contributed by atoms with E-state index in [4.69, 9.17) is 9.26 Å². The molecule has 3 heterocycles. The Hall–Kier alpha value is -1.73. The Morgan fingerprint density at radius 3 is 2.75 bits per heavy atom. The normalized spacial score (nSPS) is 21.9. The Morgan fingerprint density at radius 1 is 1.33 bits per heavy atom. The lowest BCUT2D eigenvalue weighted by Crippen LogP contribution is -2.25. The highest BCUT2D eigenvalue weighted by molar-refractivity contribution is 5.14. The average molecular weight is 333 g/mol. The van der Waals surface area contributed by atoms with Crippen LogP contribution in [0.1, 0.15) is 55.2 Å². The second-order valence-electron chi connectivity index (χ2n) is 7.07. The van der Waals surface area contributed by atoms with Crippen LogP contribution in [0.15, 0.2) is 4.52 Å². The molecule has 7 nitrogen and oxygen atoms in total. The molecular weight excluding hydrogens is 306 g/mol. The largest absolute Gasteiger partial charge is 0.380 e. The van der Waals surface area contributed by atoms with Crippen molar-refractivity contribution in [2.75, 3.05) is 13.7 Å². The Morgan fingerprint density at radius 2 is 2.12 bits per heavy atom. The molecular formula is C17H27N5O2. The highest BCUT2D eigenvalue weighted by atomic mass is 16.5. The maximum atomic E-state index is 5.58. The van der Waals surface area contributed by atoms with Gasteiger partial charge in [-0.2, -0.15) is 4.98 Å². The first kappa shape index (κ1) is 17.1. The number of rotatable bonds is 6. The number of ether oxygens (including phenoxy) is 1. The third kappa shape index (κ3) is 3.67. The molecule has 0 unspecified atom stereocenters. The lowest BCUT2D eigenvalue weighted by molar-refractivity contribution is 0.105. The molecule has 2 atom stereocenters. The number of hydrogen-bond acceptors (Lipinski definition) is 6. The minimum Gasteiger partial charge on any atom is -0.380 e. The monoisotopic (exact) mass is 333 g/mol. The maximum absolute atomic E-state index is 5.58. The fourth-order valence-electron chi connectivity index (χ4n) is 3.20. The lowest BCUT2D eigenvalue weighted by atomic mass is 10.1. The van der Waals surface area contributed by atoms with Gasteiger partial charge in [0.2, 0.25) is 5.89 Å². The van der Waals surface area contributed by atoms with Crippen molar-refractivity contribution in [3.63, 3.8) is 0 Å². The molecule has 2 aromatic heterocycles. The van der Waals surface area contributed by atoms with E-state index in [2.05, 4.69) is 45.8 Å². The second kappa shape index (κ2) is 7.03. The molecule has 0 spiro atoms. The first-order valence-electron chi connectivity index (χ1n) is 8.57. The molecule has 2 aromatic rings. The summed E-state index contributed by atoms with van der Waals surface area (Å²) in [5, 5.41) is 4.09. The van der Waals surface area contributed by atoms with E-state index >= 15 is 0 Å². The maximum Gasteiger partial charge on any atom is 0.240 e. The zero-order chi connectivity index (χ0) is 17.3. The van der Waals surface area contributed by atoms with Crippen molar-refractivity contribution in [3.8, 4) is 0 Å². The first-order valence-corrected chi connectivity index (χ1v) is 8.57.